The maximum atomic E-state index is 11.3. The first-order valence-corrected chi connectivity index (χ1v) is 5.41. The fraction of sp³-hybridized carbons (Fsp3) is 0.800. The normalized spacial score (nSPS) is 29.9. The maximum Gasteiger partial charge on any atom is 0.323 e. The van der Waals surface area contributed by atoms with Gasteiger partial charge in [-0.15, -0.1) is 0 Å². The summed E-state index contributed by atoms with van der Waals surface area (Å²) in [5, 5.41) is 2.71. The van der Waals surface area contributed by atoms with Crippen molar-refractivity contribution in [1.82, 2.24) is 10.7 Å². The predicted octanol–water partition coefficient (Wildman–Crippen LogP) is -0.0828. The zero-order valence-electron chi connectivity index (χ0n) is 9.25. The van der Waals surface area contributed by atoms with E-state index >= 15 is 0 Å². The van der Waals surface area contributed by atoms with Crippen LogP contribution in [0, 0.1) is 11.8 Å². The Labute approximate surface area is 89.8 Å². The molecule has 0 radical (unpaired) electrons. The molecule has 0 aromatic heterocycles. The Balaban J connectivity index is 2.47. The average Bonchev–Trinajstić information content (AvgIpc) is 2.58. The molecule has 0 spiro atoms. The Kier molecular flexibility index (Phi) is 4.08. The van der Waals surface area contributed by atoms with Crippen LogP contribution in [0.15, 0.2) is 0 Å². The van der Waals surface area contributed by atoms with Gasteiger partial charge in [0.25, 0.3) is 0 Å². The maximum absolute atomic E-state index is 11.3. The molecule has 4 N–H and O–H groups in total. The molecule has 1 saturated carbocycles. The molecule has 5 nitrogen and oxygen atoms in total. The van der Waals surface area contributed by atoms with Crippen molar-refractivity contribution in [2.75, 3.05) is 0 Å². The van der Waals surface area contributed by atoms with Crippen LogP contribution in [0.3, 0.4) is 0 Å². The van der Waals surface area contributed by atoms with E-state index in [-0.39, 0.29) is 6.04 Å². The van der Waals surface area contributed by atoms with E-state index in [9.17, 15) is 9.59 Å². The summed E-state index contributed by atoms with van der Waals surface area (Å²) < 4.78 is 0. The van der Waals surface area contributed by atoms with Crippen LogP contribution in [0.4, 0.5) is 0 Å². The summed E-state index contributed by atoms with van der Waals surface area (Å²) >= 11 is 0. The predicted molar refractivity (Wildman–Crippen MR) is 56.4 cm³/mol. The van der Waals surface area contributed by atoms with Crippen molar-refractivity contribution < 1.29 is 9.59 Å². The lowest BCUT2D eigenvalue weighted by Crippen LogP contribution is -2.47. The third-order valence-electron chi connectivity index (χ3n) is 3.40. The molecule has 0 aromatic carbocycles. The zero-order valence-corrected chi connectivity index (χ0v) is 9.25. The highest BCUT2D eigenvalue weighted by molar-refractivity contribution is 6.34. The smallest absolute Gasteiger partial charge is 0.323 e. The average molecular weight is 213 g/mol. The van der Waals surface area contributed by atoms with E-state index in [0.29, 0.717) is 11.8 Å². The van der Waals surface area contributed by atoms with Gasteiger partial charge in [0.2, 0.25) is 0 Å². The van der Waals surface area contributed by atoms with Crippen LogP contribution in [0.25, 0.3) is 0 Å². The van der Waals surface area contributed by atoms with Gasteiger partial charge >= 0.3 is 11.8 Å². The van der Waals surface area contributed by atoms with E-state index in [4.69, 9.17) is 5.84 Å². The molecule has 1 rings (SSSR count). The molecule has 3 atom stereocenters. The van der Waals surface area contributed by atoms with Gasteiger partial charge in [-0.25, -0.2) is 5.84 Å². The highest BCUT2D eigenvalue weighted by Gasteiger charge is 2.33. The molecule has 0 bridgehead atoms. The summed E-state index contributed by atoms with van der Waals surface area (Å²) in [6.45, 7) is 4.27. The number of hydrogen-bond acceptors (Lipinski definition) is 3. The lowest BCUT2D eigenvalue weighted by molar-refractivity contribution is -0.139. The zero-order chi connectivity index (χ0) is 11.4. The number of nitrogens with two attached hydrogens (primary N) is 1. The summed E-state index contributed by atoms with van der Waals surface area (Å²) in [5.74, 6) is 4.55. The Morgan fingerprint density at radius 2 is 2.00 bits per heavy atom. The van der Waals surface area contributed by atoms with Crippen molar-refractivity contribution in [3.05, 3.63) is 0 Å². The number of carbonyl (C=O) groups excluding carboxylic acids is 2. The van der Waals surface area contributed by atoms with Gasteiger partial charge in [0.05, 0.1) is 0 Å². The van der Waals surface area contributed by atoms with E-state index in [2.05, 4.69) is 19.2 Å². The van der Waals surface area contributed by atoms with Gasteiger partial charge in [-0.05, 0) is 24.7 Å². The van der Waals surface area contributed by atoms with Crippen LogP contribution in [0.5, 0.6) is 0 Å². The molecule has 0 heterocycles. The Morgan fingerprint density at radius 3 is 2.47 bits per heavy atom. The van der Waals surface area contributed by atoms with Crippen molar-refractivity contribution in [3.8, 4) is 0 Å². The highest BCUT2D eigenvalue weighted by Crippen LogP contribution is 2.33. The minimum absolute atomic E-state index is 0.111. The Hall–Kier alpha value is -1.10. The van der Waals surface area contributed by atoms with E-state index in [0.717, 1.165) is 19.3 Å². The number of carbonyl (C=O) groups is 2. The van der Waals surface area contributed by atoms with Gasteiger partial charge in [-0.2, -0.15) is 0 Å². The van der Waals surface area contributed by atoms with Crippen molar-refractivity contribution in [2.45, 2.75) is 39.2 Å². The fourth-order valence-corrected chi connectivity index (χ4v) is 2.33. The second-order valence-electron chi connectivity index (χ2n) is 4.16. The van der Waals surface area contributed by atoms with E-state index < -0.39 is 11.8 Å². The lowest BCUT2D eigenvalue weighted by atomic mass is 9.93. The van der Waals surface area contributed by atoms with E-state index in [1.54, 1.807) is 0 Å². The summed E-state index contributed by atoms with van der Waals surface area (Å²) in [4.78, 5) is 22.2. The Morgan fingerprint density at radius 1 is 1.33 bits per heavy atom. The summed E-state index contributed by atoms with van der Waals surface area (Å²) in [7, 11) is 0. The SMILES string of the molecule is CCC1CCC(NC(=O)C(=O)NN)C1C. The van der Waals surface area contributed by atoms with Crippen LogP contribution in [-0.2, 0) is 9.59 Å². The first kappa shape index (κ1) is 12.0. The molecular weight excluding hydrogens is 194 g/mol. The molecule has 0 saturated heterocycles. The van der Waals surface area contributed by atoms with Gasteiger partial charge in [0.1, 0.15) is 0 Å². The molecule has 1 fully saturated rings. The van der Waals surface area contributed by atoms with E-state index in [1.807, 2.05) is 5.43 Å². The van der Waals surface area contributed by atoms with Crippen molar-refractivity contribution in [1.29, 1.82) is 0 Å². The van der Waals surface area contributed by atoms with Crippen LogP contribution in [-0.4, -0.2) is 17.9 Å². The van der Waals surface area contributed by atoms with Crippen LogP contribution in [0.2, 0.25) is 0 Å². The lowest BCUT2D eigenvalue weighted by Gasteiger charge is -2.20. The number of hydrogen-bond donors (Lipinski definition) is 3. The van der Waals surface area contributed by atoms with Crippen LogP contribution < -0.4 is 16.6 Å². The summed E-state index contributed by atoms with van der Waals surface area (Å²) in [5.41, 5.74) is 1.83. The molecular formula is C10H19N3O2. The van der Waals surface area contributed by atoms with Crippen molar-refractivity contribution in [3.63, 3.8) is 0 Å². The number of nitrogens with one attached hydrogen (secondary N) is 2. The topological polar surface area (TPSA) is 84.2 Å². The minimum Gasteiger partial charge on any atom is -0.345 e. The van der Waals surface area contributed by atoms with Gasteiger partial charge in [-0.3, -0.25) is 15.0 Å². The molecule has 0 aromatic rings. The summed E-state index contributed by atoms with van der Waals surface area (Å²) in [6, 6.07) is 0.111. The van der Waals surface area contributed by atoms with Crippen LogP contribution >= 0.6 is 0 Å². The monoisotopic (exact) mass is 213 g/mol. The van der Waals surface area contributed by atoms with Gasteiger partial charge in [0, 0.05) is 6.04 Å². The molecule has 86 valence electrons. The summed E-state index contributed by atoms with van der Waals surface area (Å²) in [6.07, 6.45) is 3.19. The molecule has 3 unspecified atom stereocenters. The Bertz CT molecular complexity index is 255. The highest BCUT2D eigenvalue weighted by atomic mass is 16.2. The second kappa shape index (κ2) is 5.11. The number of hydrazine groups is 1. The third kappa shape index (κ3) is 2.68. The molecule has 0 aliphatic heterocycles. The third-order valence-corrected chi connectivity index (χ3v) is 3.40. The van der Waals surface area contributed by atoms with Gasteiger partial charge in [-0.1, -0.05) is 20.3 Å². The second-order valence-corrected chi connectivity index (χ2v) is 4.16. The molecule has 5 heteroatoms. The van der Waals surface area contributed by atoms with E-state index in [1.165, 1.54) is 0 Å². The number of rotatable bonds is 2. The van der Waals surface area contributed by atoms with Gasteiger partial charge in [0.15, 0.2) is 0 Å². The first-order chi connectivity index (χ1) is 7.10. The largest absolute Gasteiger partial charge is 0.345 e. The standard InChI is InChI=1S/C10H19N3O2/c1-3-7-4-5-8(6(7)2)12-9(14)10(15)13-11/h6-8H,3-5,11H2,1-2H3,(H,12,14)(H,13,15). The minimum atomic E-state index is -0.776. The number of amides is 2. The first-order valence-electron chi connectivity index (χ1n) is 5.41. The molecule has 15 heavy (non-hydrogen) atoms. The molecule has 1 aliphatic rings. The molecule has 2 amide bonds. The van der Waals surface area contributed by atoms with Crippen molar-refractivity contribution >= 4 is 11.8 Å². The van der Waals surface area contributed by atoms with Crippen molar-refractivity contribution in [2.24, 2.45) is 17.7 Å². The fourth-order valence-electron chi connectivity index (χ4n) is 2.33. The molecule has 1 aliphatic carbocycles. The van der Waals surface area contributed by atoms with Gasteiger partial charge < -0.3 is 5.32 Å². The quantitative estimate of drug-likeness (QED) is 0.259. The van der Waals surface area contributed by atoms with Crippen LogP contribution in [0.1, 0.15) is 33.1 Å².